The van der Waals surface area contributed by atoms with Gasteiger partial charge in [-0.2, -0.15) is 30.0 Å². The van der Waals surface area contributed by atoms with Gasteiger partial charge in [0.25, 0.3) is 0 Å². The highest BCUT2D eigenvalue weighted by Gasteiger charge is 2.62. The number of thioether (sulfide) groups is 1. The highest BCUT2D eigenvalue weighted by atomic mass is 32.2. The minimum absolute atomic E-state index is 0.169. The molecule has 0 aromatic carbocycles. The summed E-state index contributed by atoms with van der Waals surface area (Å²) in [4.78, 5) is 0. The van der Waals surface area contributed by atoms with Crippen LogP contribution >= 0.6 is 11.8 Å². The van der Waals surface area contributed by atoms with Crippen LogP contribution in [0.2, 0.25) is 0 Å². The summed E-state index contributed by atoms with van der Waals surface area (Å²) in [6, 6.07) is -0.619. The van der Waals surface area contributed by atoms with E-state index in [1.807, 2.05) is 39.0 Å². The summed E-state index contributed by atoms with van der Waals surface area (Å²) in [5, 5.41) is 5.53. The SMILES string of the molecule is COC1=CCC2(C)C(=C1F)CSC(C)C1C(C(F)(F)F)=NN(C3(C)C=CC(C)=CC3)C12. The van der Waals surface area contributed by atoms with Gasteiger partial charge in [0.05, 0.1) is 18.7 Å². The average Bonchev–Trinajstić information content (AvgIpc) is 3.09. The molecule has 4 rings (SSSR count). The van der Waals surface area contributed by atoms with E-state index in [-0.39, 0.29) is 11.0 Å². The normalized spacial score (nSPS) is 38.2. The Kier molecular flexibility index (Phi) is 5.39. The molecule has 3 nitrogen and oxygen atoms in total. The number of fused-ring (bicyclic) bond motifs is 3. The summed E-state index contributed by atoms with van der Waals surface area (Å²) in [5.41, 5.74) is -0.711. The van der Waals surface area contributed by atoms with E-state index < -0.39 is 40.6 Å². The van der Waals surface area contributed by atoms with E-state index in [0.717, 1.165) is 5.57 Å². The van der Waals surface area contributed by atoms with Gasteiger partial charge in [-0.25, -0.2) is 4.39 Å². The van der Waals surface area contributed by atoms with Gasteiger partial charge in [0.2, 0.25) is 0 Å². The molecule has 1 fully saturated rings. The zero-order valence-corrected chi connectivity index (χ0v) is 19.2. The van der Waals surface area contributed by atoms with Gasteiger partial charge in [0, 0.05) is 22.3 Å². The van der Waals surface area contributed by atoms with Crippen molar-refractivity contribution in [3.8, 4) is 0 Å². The maximum absolute atomic E-state index is 15.4. The third kappa shape index (κ3) is 3.45. The van der Waals surface area contributed by atoms with Crippen molar-refractivity contribution in [2.75, 3.05) is 12.9 Å². The van der Waals surface area contributed by atoms with Crippen LogP contribution in [0, 0.1) is 11.3 Å². The van der Waals surface area contributed by atoms with Gasteiger partial charge >= 0.3 is 6.18 Å². The van der Waals surface area contributed by atoms with Crippen LogP contribution in [-0.4, -0.2) is 46.6 Å². The quantitative estimate of drug-likeness (QED) is 0.465. The minimum atomic E-state index is -4.54. The number of rotatable bonds is 2. The zero-order valence-electron chi connectivity index (χ0n) is 18.4. The minimum Gasteiger partial charge on any atom is -0.494 e. The van der Waals surface area contributed by atoms with Crippen LogP contribution in [-0.2, 0) is 4.74 Å². The summed E-state index contributed by atoms with van der Waals surface area (Å²) >= 11 is 1.37. The molecule has 0 N–H and O–H groups in total. The molecule has 2 aliphatic carbocycles. The molecule has 0 aromatic heterocycles. The van der Waals surface area contributed by atoms with Crippen LogP contribution in [0.1, 0.15) is 40.5 Å². The molecule has 0 spiro atoms. The Balaban J connectivity index is 1.90. The third-order valence-corrected chi connectivity index (χ3v) is 8.52. The molecule has 2 aliphatic heterocycles. The smallest absolute Gasteiger partial charge is 0.431 e. The molecule has 1 saturated heterocycles. The fraction of sp³-hybridized carbons (Fsp3) is 0.609. The number of ether oxygens (including phenoxy) is 1. The second-order valence-corrected chi connectivity index (χ2v) is 10.7. The maximum atomic E-state index is 15.4. The number of hydrogen-bond acceptors (Lipinski definition) is 4. The van der Waals surface area contributed by atoms with Crippen molar-refractivity contribution in [3.63, 3.8) is 0 Å². The molecular weight excluding hydrogens is 428 g/mol. The number of alkyl halides is 3. The van der Waals surface area contributed by atoms with Gasteiger partial charge in [-0.05, 0) is 38.3 Å². The Hall–Kier alpha value is -1.70. The van der Waals surface area contributed by atoms with Crippen LogP contribution in [0.5, 0.6) is 0 Å². The first-order valence-electron chi connectivity index (χ1n) is 10.5. The van der Waals surface area contributed by atoms with Crippen molar-refractivity contribution < 1.29 is 22.3 Å². The van der Waals surface area contributed by atoms with Crippen molar-refractivity contribution >= 4 is 17.5 Å². The molecule has 0 radical (unpaired) electrons. The Morgan fingerprint density at radius 3 is 2.52 bits per heavy atom. The van der Waals surface area contributed by atoms with E-state index >= 15 is 4.39 Å². The summed E-state index contributed by atoms with van der Waals surface area (Å²) in [6.45, 7) is 7.57. The number of methoxy groups -OCH3 is 1. The number of allylic oxidation sites excluding steroid dienone is 4. The predicted octanol–water partition coefficient (Wildman–Crippen LogP) is 6.17. The average molecular weight is 457 g/mol. The van der Waals surface area contributed by atoms with Crippen molar-refractivity contribution in [2.45, 2.75) is 63.5 Å². The van der Waals surface area contributed by atoms with Crippen molar-refractivity contribution in [1.82, 2.24) is 5.01 Å². The highest BCUT2D eigenvalue weighted by Crippen LogP contribution is 2.57. The molecular formula is C23H28F4N2OS. The van der Waals surface area contributed by atoms with Crippen LogP contribution in [0.25, 0.3) is 0 Å². The Bertz CT molecular complexity index is 934. The van der Waals surface area contributed by atoms with Crippen molar-refractivity contribution in [1.29, 1.82) is 0 Å². The first-order chi connectivity index (χ1) is 14.4. The number of halogens is 4. The largest absolute Gasteiger partial charge is 0.494 e. The third-order valence-electron chi connectivity index (χ3n) is 7.24. The molecule has 0 amide bonds. The summed E-state index contributed by atoms with van der Waals surface area (Å²) < 4.78 is 63.2. The van der Waals surface area contributed by atoms with E-state index in [0.29, 0.717) is 24.2 Å². The molecule has 0 saturated carbocycles. The first-order valence-corrected chi connectivity index (χ1v) is 11.5. The van der Waals surface area contributed by atoms with Gasteiger partial charge in [0.1, 0.15) is 5.71 Å². The summed E-state index contributed by atoms with van der Waals surface area (Å²) in [5.74, 6) is -0.794. The fourth-order valence-electron chi connectivity index (χ4n) is 5.29. The molecule has 4 aliphatic rings. The lowest BCUT2D eigenvalue weighted by molar-refractivity contribution is -0.0627. The topological polar surface area (TPSA) is 24.8 Å². The standard InChI is InChI=1S/C23H28F4N2OS/c1-13-6-9-21(3,10-7-13)29-20-17(19(28-29)23(25,26)27)14(2)31-12-15-18(24)16(30-5)8-11-22(15,20)4/h6-9,14,17,20H,10-12H2,1-5H3. The van der Waals surface area contributed by atoms with Crippen LogP contribution in [0.4, 0.5) is 17.6 Å². The van der Waals surface area contributed by atoms with Gasteiger partial charge in [-0.15, -0.1) is 0 Å². The predicted molar refractivity (Wildman–Crippen MR) is 116 cm³/mol. The highest BCUT2D eigenvalue weighted by molar-refractivity contribution is 8.00. The lowest BCUT2D eigenvalue weighted by atomic mass is 9.65. The Morgan fingerprint density at radius 1 is 1.23 bits per heavy atom. The molecule has 5 unspecified atom stereocenters. The van der Waals surface area contributed by atoms with E-state index in [1.54, 1.807) is 18.0 Å². The van der Waals surface area contributed by atoms with Crippen molar-refractivity contribution in [2.24, 2.45) is 16.4 Å². The van der Waals surface area contributed by atoms with Crippen molar-refractivity contribution in [3.05, 3.63) is 47.0 Å². The number of nitrogens with zero attached hydrogens (tertiary/aromatic N) is 2. The van der Waals surface area contributed by atoms with Gasteiger partial charge in [-0.1, -0.05) is 37.6 Å². The maximum Gasteiger partial charge on any atom is 0.431 e. The lowest BCUT2D eigenvalue weighted by Crippen LogP contribution is -2.56. The Labute approximate surface area is 185 Å². The van der Waals surface area contributed by atoms with E-state index in [2.05, 4.69) is 5.10 Å². The molecule has 170 valence electrons. The molecule has 8 heteroatoms. The van der Waals surface area contributed by atoms with Crippen LogP contribution in [0.3, 0.4) is 0 Å². The number of hydrogen-bond donors (Lipinski definition) is 0. The van der Waals surface area contributed by atoms with E-state index in [9.17, 15) is 13.2 Å². The van der Waals surface area contributed by atoms with Crippen LogP contribution in [0.15, 0.2) is 52.1 Å². The molecule has 5 atom stereocenters. The lowest BCUT2D eigenvalue weighted by Gasteiger charge is -2.49. The zero-order chi connectivity index (χ0) is 22.8. The molecule has 31 heavy (non-hydrogen) atoms. The Morgan fingerprint density at radius 2 is 1.94 bits per heavy atom. The molecule has 0 bridgehead atoms. The molecule has 0 aromatic rings. The van der Waals surface area contributed by atoms with Crippen LogP contribution < -0.4 is 0 Å². The van der Waals surface area contributed by atoms with Gasteiger partial charge < -0.3 is 4.74 Å². The van der Waals surface area contributed by atoms with Gasteiger partial charge in [0.15, 0.2) is 11.6 Å². The monoisotopic (exact) mass is 456 g/mol. The first kappa shape index (κ1) is 22.5. The number of hydrazone groups is 1. The van der Waals surface area contributed by atoms with E-state index in [1.165, 1.54) is 18.9 Å². The second-order valence-electron chi connectivity index (χ2n) is 9.34. The second kappa shape index (κ2) is 7.42. The molecule has 2 heterocycles. The summed E-state index contributed by atoms with van der Waals surface area (Å²) in [6.07, 6.45) is 3.96. The fourth-order valence-corrected chi connectivity index (χ4v) is 6.66. The van der Waals surface area contributed by atoms with E-state index in [4.69, 9.17) is 4.74 Å². The summed E-state index contributed by atoms with van der Waals surface area (Å²) in [7, 11) is 1.42. The van der Waals surface area contributed by atoms with Gasteiger partial charge in [-0.3, -0.25) is 5.01 Å².